The zero-order valence-electron chi connectivity index (χ0n) is 28.7. The number of hydrogen-bond acceptors (Lipinski definition) is 3. The van der Waals surface area contributed by atoms with Crippen molar-refractivity contribution in [2.45, 2.75) is 195 Å². The Morgan fingerprint density at radius 2 is 0.976 bits per heavy atom. The van der Waals surface area contributed by atoms with Gasteiger partial charge in [-0.3, -0.25) is 9.59 Å². The van der Waals surface area contributed by atoms with Crippen molar-refractivity contribution in [1.29, 1.82) is 0 Å². The van der Waals surface area contributed by atoms with Gasteiger partial charge >= 0.3 is 5.97 Å². The molecule has 1 unspecified atom stereocenters. The SMILES string of the molecule is CC.CC.CC1CC1.COCC1CCCN1C(=O)CCCCCCCCCCCCCCCCCCCCC(=O)O. The molecule has 0 bridgehead atoms. The van der Waals surface area contributed by atoms with Crippen LogP contribution in [0, 0.1) is 5.92 Å². The van der Waals surface area contributed by atoms with E-state index in [1.54, 1.807) is 7.11 Å². The van der Waals surface area contributed by atoms with Crippen LogP contribution in [0.25, 0.3) is 0 Å². The summed E-state index contributed by atoms with van der Waals surface area (Å²) in [5, 5.41) is 8.61. The topological polar surface area (TPSA) is 66.8 Å². The molecular weight excluding hydrogens is 510 g/mol. The van der Waals surface area contributed by atoms with Crippen molar-refractivity contribution in [2.24, 2.45) is 5.92 Å². The van der Waals surface area contributed by atoms with Crippen molar-refractivity contribution in [2.75, 3.05) is 20.3 Å². The minimum Gasteiger partial charge on any atom is -0.481 e. The summed E-state index contributed by atoms with van der Waals surface area (Å²) in [5.74, 6) is 0.757. The maximum Gasteiger partial charge on any atom is 0.303 e. The lowest BCUT2D eigenvalue weighted by Gasteiger charge is -2.24. The van der Waals surface area contributed by atoms with E-state index in [-0.39, 0.29) is 0 Å². The molecule has 1 aliphatic heterocycles. The molecule has 5 nitrogen and oxygen atoms in total. The number of aliphatic carboxylic acids is 1. The Balaban J connectivity index is 0. The fourth-order valence-electron chi connectivity index (χ4n) is 5.22. The monoisotopic (exact) mass is 584 g/mol. The lowest BCUT2D eigenvalue weighted by molar-refractivity contribution is -0.137. The van der Waals surface area contributed by atoms with Crippen LogP contribution in [0.2, 0.25) is 0 Å². The number of likely N-dealkylation sites (tertiary alicyclic amines) is 1. The molecule has 246 valence electrons. The molecule has 2 rings (SSSR count). The summed E-state index contributed by atoms with van der Waals surface area (Å²) in [5.41, 5.74) is 0. The van der Waals surface area contributed by atoms with Crippen LogP contribution in [0.3, 0.4) is 0 Å². The first-order chi connectivity index (χ1) is 20.0. The van der Waals surface area contributed by atoms with Gasteiger partial charge in [0.1, 0.15) is 0 Å². The third-order valence-corrected chi connectivity index (χ3v) is 7.95. The van der Waals surface area contributed by atoms with Gasteiger partial charge < -0.3 is 14.7 Å². The number of methoxy groups -OCH3 is 1. The number of nitrogens with zero attached hydrogens (tertiary/aromatic N) is 1. The molecule has 2 aliphatic rings. The average Bonchev–Trinajstić information content (AvgIpc) is 3.63. The minimum absolute atomic E-state index is 0.315. The number of rotatable bonds is 23. The molecule has 41 heavy (non-hydrogen) atoms. The van der Waals surface area contributed by atoms with Crippen molar-refractivity contribution >= 4 is 11.9 Å². The number of unbranched alkanes of at least 4 members (excludes halogenated alkanes) is 17. The second-order valence-corrected chi connectivity index (χ2v) is 11.8. The predicted molar refractivity (Wildman–Crippen MR) is 178 cm³/mol. The van der Waals surface area contributed by atoms with Crippen LogP contribution < -0.4 is 0 Å². The van der Waals surface area contributed by atoms with E-state index < -0.39 is 5.97 Å². The molecule has 0 aromatic rings. The quantitative estimate of drug-likeness (QED) is 0.121. The molecule has 5 heteroatoms. The second-order valence-electron chi connectivity index (χ2n) is 11.8. The molecule has 0 aromatic heterocycles. The fourth-order valence-corrected chi connectivity index (χ4v) is 5.22. The Kier molecular flexibility index (Phi) is 34.2. The maximum absolute atomic E-state index is 12.4. The summed E-state index contributed by atoms with van der Waals surface area (Å²) in [4.78, 5) is 24.9. The number of carboxylic acid groups (broad SMARTS) is 1. The molecule has 1 atom stereocenters. The number of carboxylic acids is 1. The van der Waals surface area contributed by atoms with Gasteiger partial charge in [0.05, 0.1) is 12.6 Å². The van der Waals surface area contributed by atoms with Gasteiger partial charge in [0.25, 0.3) is 0 Å². The Labute approximate surface area is 257 Å². The summed E-state index contributed by atoms with van der Waals surface area (Å²) < 4.78 is 5.25. The van der Waals surface area contributed by atoms with Crippen LogP contribution in [0.1, 0.15) is 189 Å². The van der Waals surface area contributed by atoms with Crippen molar-refractivity contribution in [3.8, 4) is 0 Å². The third kappa shape index (κ3) is 30.2. The number of amides is 1. The highest BCUT2D eigenvalue weighted by atomic mass is 16.5. The van der Waals surface area contributed by atoms with E-state index in [1.807, 2.05) is 27.7 Å². The highest BCUT2D eigenvalue weighted by Crippen LogP contribution is 2.26. The largest absolute Gasteiger partial charge is 0.481 e. The molecule has 1 aliphatic carbocycles. The first-order valence-corrected chi connectivity index (χ1v) is 18.0. The summed E-state index contributed by atoms with van der Waals surface area (Å²) in [6.07, 6.45) is 29.1. The van der Waals surface area contributed by atoms with Crippen molar-refractivity contribution in [3.63, 3.8) is 0 Å². The molecule has 0 radical (unpaired) electrons. The van der Waals surface area contributed by atoms with E-state index in [2.05, 4.69) is 11.8 Å². The minimum atomic E-state index is -0.662. The van der Waals surface area contributed by atoms with Crippen molar-refractivity contribution < 1.29 is 19.4 Å². The molecule has 0 aromatic carbocycles. The smallest absolute Gasteiger partial charge is 0.303 e. The summed E-state index contributed by atoms with van der Waals surface area (Å²) in [6.45, 7) is 11.9. The number of hydrogen-bond donors (Lipinski definition) is 1. The number of carbonyl (C=O) groups is 2. The normalized spacial score (nSPS) is 15.7. The van der Waals surface area contributed by atoms with Crippen molar-refractivity contribution in [3.05, 3.63) is 0 Å². The van der Waals surface area contributed by atoms with E-state index in [4.69, 9.17) is 9.84 Å². The van der Waals surface area contributed by atoms with Gasteiger partial charge in [-0.05, 0) is 31.6 Å². The average molecular weight is 584 g/mol. The molecule has 1 amide bonds. The summed E-state index contributed by atoms with van der Waals surface area (Å²) >= 11 is 0. The van der Waals surface area contributed by atoms with Crippen LogP contribution in [0.5, 0.6) is 0 Å². The van der Waals surface area contributed by atoms with Crippen LogP contribution in [0.4, 0.5) is 0 Å². The zero-order chi connectivity index (χ0) is 31.0. The van der Waals surface area contributed by atoms with Gasteiger partial charge in [0, 0.05) is 26.5 Å². The number of carbonyl (C=O) groups excluding carboxylic acids is 1. The molecule has 0 spiro atoms. The van der Waals surface area contributed by atoms with Crippen LogP contribution in [-0.4, -0.2) is 48.2 Å². The molecule has 1 heterocycles. The Morgan fingerprint density at radius 1 is 0.634 bits per heavy atom. The van der Waals surface area contributed by atoms with Gasteiger partial charge in [-0.2, -0.15) is 0 Å². The Bertz CT molecular complexity index is 550. The van der Waals surface area contributed by atoms with Gasteiger partial charge in [0.15, 0.2) is 0 Å². The van der Waals surface area contributed by atoms with Crippen LogP contribution in [-0.2, 0) is 14.3 Å². The molecular formula is C36H73NO4. The van der Waals surface area contributed by atoms with Crippen LogP contribution in [0.15, 0.2) is 0 Å². The van der Waals surface area contributed by atoms with Crippen molar-refractivity contribution in [1.82, 2.24) is 4.90 Å². The molecule has 2 fully saturated rings. The first-order valence-electron chi connectivity index (χ1n) is 18.0. The van der Waals surface area contributed by atoms with Gasteiger partial charge in [-0.25, -0.2) is 0 Å². The predicted octanol–water partition coefficient (Wildman–Crippen LogP) is 11.0. The van der Waals surface area contributed by atoms with Gasteiger partial charge in [-0.15, -0.1) is 0 Å². The van der Waals surface area contributed by atoms with E-state index >= 15 is 0 Å². The summed E-state index contributed by atoms with van der Waals surface area (Å²) in [7, 11) is 1.72. The maximum atomic E-state index is 12.4. The Morgan fingerprint density at radius 3 is 1.29 bits per heavy atom. The first kappa shape index (κ1) is 42.0. The zero-order valence-corrected chi connectivity index (χ0v) is 28.7. The van der Waals surface area contributed by atoms with Gasteiger partial charge in [0.2, 0.25) is 5.91 Å². The lowest BCUT2D eigenvalue weighted by atomic mass is 10.0. The lowest BCUT2D eigenvalue weighted by Crippen LogP contribution is -2.37. The van der Waals surface area contributed by atoms with E-state index in [9.17, 15) is 9.59 Å². The van der Waals surface area contributed by atoms with Gasteiger partial charge in [-0.1, -0.05) is 150 Å². The highest BCUT2D eigenvalue weighted by molar-refractivity contribution is 5.76. The molecule has 1 saturated heterocycles. The van der Waals surface area contributed by atoms with E-state index in [0.29, 0.717) is 31.4 Å². The fraction of sp³-hybridized carbons (Fsp3) is 0.944. The summed E-state index contributed by atoms with van der Waals surface area (Å²) in [6, 6.07) is 0.315. The Hall–Kier alpha value is -1.10. The standard InChI is InChI=1S/C28H53NO4.C4H8.2C2H6/c1-33-25-26-21-20-24-29(26)27(30)22-18-16-14-12-10-8-6-4-2-3-5-7-9-11-13-15-17-19-23-28(31)32;1-4-2-3-4;2*1-2/h26H,2-25H2,1H3,(H,31,32);4H,2-3H2,1H3;2*1-2H3. The molecule has 1 saturated carbocycles. The third-order valence-electron chi connectivity index (χ3n) is 7.95. The van der Waals surface area contributed by atoms with Crippen LogP contribution >= 0.6 is 0 Å². The highest BCUT2D eigenvalue weighted by Gasteiger charge is 2.27. The molecule has 1 N–H and O–H groups in total. The number of ether oxygens (including phenoxy) is 1. The van der Waals surface area contributed by atoms with E-state index in [0.717, 1.165) is 44.6 Å². The second kappa shape index (κ2) is 33.4. The van der Waals surface area contributed by atoms with E-state index in [1.165, 1.54) is 109 Å².